The van der Waals surface area contributed by atoms with Gasteiger partial charge in [-0.2, -0.15) is 5.10 Å². The molecule has 2 aliphatic heterocycles. The maximum atomic E-state index is 14.3. The van der Waals surface area contributed by atoms with Gasteiger partial charge in [0.25, 0.3) is 6.43 Å². The minimum atomic E-state index is -2.68. The number of alkyl halides is 2. The fourth-order valence-corrected chi connectivity index (χ4v) is 5.33. The summed E-state index contributed by atoms with van der Waals surface area (Å²) in [4.78, 5) is 15.1. The van der Waals surface area contributed by atoms with Gasteiger partial charge in [-0.05, 0) is 53.3 Å². The molecule has 3 heterocycles. The number of halogens is 2. The summed E-state index contributed by atoms with van der Waals surface area (Å²) in [5.41, 5.74) is 11.9. The lowest BCUT2D eigenvalue weighted by atomic mass is 9.90. The van der Waals surface area contributed by atoms with E-state index in [-0.39, 0.29) is 37.7 Å². The van der Waals surface area contributed by atoms with Crippen molar-refractivity contribution in [1.82, 2.24) is 14.7 Å². The van der Waals surface area contributed by atoms with Crippen molar-refractivity contribution in [3.8, 4) is 11.1 Å². The topological polar surface area (TPSA) is 108 Å². The largest absolute Gasteiger partial charge is 0.465 e. The molecule has 1 unspecified atom stereocenters. The van der Waals surface area contributed by atoms with Crippen molar-refractivity contribution in [2.24, 2.45) is 12.8 Å². The zero-order valence-corrected chi connectivity index (χ0v) is 20.0. The molecule has 3 aromatic rings. The highest BCUT2D eigenvalue weighted by Crippen LogP contribution is 2.44. The molecular formula is C26H29F2N5O3. The smallest absolute Gasteiger partial charge is 0.407 e. The van der Waals surface area contributed by atoms with E-state index in [1.54, 1.807) is 30.2 Å². The van der Waals surface area contributed by atoms with Crippen LogP contribution in [0.4, 0.5) is 25.0 Å². The summed E-state index contributed by atoms with van der Waals surface area (Å²) in [5.74, 6) is -0.304. The molecule has 0 radical (unpaired) electrons. The summed E-state index contributed by atoms with van der Waals surface area (Å²) in [6, 6.07) is 7.25. The normalized spacial score (nSPS) is 15.8. The zero-order valence-electron chi connectivity index (χ0n) is 20.0. The number of aromatic nitrogens is 2. The average molecular weight is 498 g/mol. The molecule has 2 aromatic carbocycles. The maximum absolute atomic E-state index is 14.3. The van der Waals surface area contributed by atoms with Crippen LogP contribution >= 0.6 is 0 Å². The van der Waals surface area contributed by atoms with Crippen LogP contribution in [0.5, 0.6) is 0 Å². The van der Waals surface area contributed by atoms with Crippen molar-refractivity contribution in [2.45, 2.75) is 38.3 Å². The van der Waals surface area contributed by atoms with Crippen LogP contribution in [-0.2, 0) is 26.6 Å². The summed E-state index contributed by atoms with van der Waals surface area (Å²) < 4.78 is 30.2. The van der Waals surface area contributed by atoms with Gasteiger partial charge in [-0.3, -0.25) is 9.58 Å². The van der Waals surface area contributed by atoms with E-state index in [2.05, 4.69) is 5.10 Å². The van der Waals surface area contributed by atoms with E-state index in [1.165, 1.54) is 4.90 Å². The van der Waals surface area contributed by atoms with Gasteiger partial charge in [0.1, 0.15) is 0 Å². The third kappa shape index (κ3) is 4.20. The minimum Gasteiger partial charge on any atom is -0.465 e. The average Bonchev–Trinajstić information content (AvgIpc) is 3.49. The van der Waals surface area contributed by atoms with Crippen molar-refractivity contribution in [1.29, 1.82) is 0 Å². The fraction of sp³-hybridized carbons (Fsp3) is 0.385. The molecule has 0 spiro atoms. The maximum Gasteiger partial charge on any atom is 0.407 e. The molecule has 0 saturated heterocycles. The Morgan fingerprint density at radius 3 is 2.61 bits per heavy atom. The summed E-state index contributed by atoms with van der Waals surface area (Å²) in [6.07, 6.45) is 1.18. The number of aryl methyl sites for hydroxylation is 2. The molecule has 8 nitrogen and oxygen atoms in total. The number of anilines is 2. The van der Waals surface area contributed by atoms with Gasteiger partial charge >= 0.3 is 6.09 Å². The molecule has 1 amide bonds. The van der Waals surface area contributed by atoms with E-state index in [4.69, 9.17) is 5.73 Å². The molecule has 10 heteroatoms. The Morgan fingerprint density at radius 2 is 1.97 bits per heavy atom. The van der Waals surface area contributed by atoms with Gasteiger partial charge in [0.2, 0.25) is 0 Å². The lowest BCUT2D eigenvalue weighted by Crippen LogP contribution is -2.27. The number of carboxylic acid groups (broad SMARTS) is 1. The number of nitrogens with zero attached hydrogens (tertiary/aromatic N) is 4. The van der Waals surface area contributed by atoms with Crippen molar-refractivity contribution >= 4 is 17.5 Å². The van der Waals surface area contributed by atoms with Gasteiger partial charge in [0, 0.05) is 66.9 Å². The first-order chi connectivity index (χ1) is 17.3. The number of hydrogen-bond acceptors (Lipinski definition) is 5. The van der Waals surface area contributed by atoms with Gasteiger partial charge in [-0.1, -0.05) is 6.07 Å². The van der Waals surface area contributed by atoms with E-state index >= 15 is 0 Å². The van der Waals surface area contributed by atoms with E-state index in [0.717, 1.165) is 40.8 Å². The first kappa shape index (κ1) is 24.2. The standard InChI is InChI=1S/C26H29F2N5O3/c1-31-11-19(10-30-31)20-6-15-3-2-4-33(23(15)8-21(20)25(27)28)24-7-16(18(9-29)14-34)5-17-12-32(26(35)36)13-22(17)24/h5-8,10-11,18,25,34H,2-4,9,12-14,29H2,1H3,(H,35,36). The Bertz CT molecular complexity index is 1300. The Kier molecular flexibility index (Phi) is 6.40. The van der Waals surface area contributed by atoms with E-state index < -0.39 is 12.5 Å². The fourth-order valence-electron chi connectivity index (χ4n) is 5.33. The van der Waals surface area contributed by atoms with Crippen LogP contribution in [0.3, 0.4) is 0 Å². The highest BCUT2D eigenvalue weighted by Gasteiger charge is 2.31. The van der Waals surface area contributed by atoms with Crippen LogP contribution < -0.4 is 10.6 Å². The molecule has 0 bridgehead atoms. The zero-order chi connectivity index (χ0) is 25.6. The molecular weight excluding hydrogens is 468 g/mol. The van der Waals surface area contributed by atoms with Crippen LogP contribution in [-0.4, -0.2) is 50.7 Å². The van der Waals surface area contributed by atoms with Crippen molar-refractivity contribution in [3.63, 3.8) is 0 Å². The monoisotopic (exact) mass is 497 g/mol. The van der Waals surface area contributed by atoms with Crippen LogP contribution in [0.2, 0.25) is 0 Å². The van der Waals surface area contributed by atoms with Crippen molar-refractivity contribution in [3.05, 3.63) is 64.5 Å². The third-order valence-electron chi connectivity index (χ3n) is 7.21. The highest BCUT2D eigenvalue weighted by molar-refractivity contribution is 5.79. The Hall–Kier alpha value is -3.50. The van der Waals surface area contributed by atoms with E-state index in [9.17, 15) is 23.8 Å². The van der Waals surface area contributed by atoms with Crippen molar-refractivity contribution < 1.29 is 23.8 Å². The SMILES string of the molecule is Cn1cc(-c2cc3c(cc2C(F)F)N(c2cc(C(CN)CO)cc4c2CN(C(=O)O)C4)CCC3)cn1. The van der Waals surface area contributed by atoms with Crippen LogP contribution in [0.1, 0.15) is 46.6 Å². The molecule has 2 aliphatic rings. The van der Waals surface area contributed by atoms with Crippen LogP contribution in [0.25, 0.3) is 11.1 Å². The van der Waals surface area contributed by atoms with Gasteiger partial charge in [0.05, 0.1) is 19.3 Å². The molecule has 1 atom stereocenters. The van der Waals surface area contributed by atoms with Crippen molar-refractivity contribution in [2.75, 3.05) is 24.6 Å². The molecule has 36 heavy (non-hydrogen) atoms. The van der Waals surface area contributed by atoms with Gasteiger partial charge in [-0.25, -0.2) is 13.6 Å². The number of amides is 1. The van der Waals surface area contributed by atoms with Gasteiger partial charge < -0.3 is 20.8 Å². The third-order valence-corrected chi connectivity index (χ3v) is 7.21. The molecule has 1 aromatic heterocycles. The number of rotatable bonds is 6. The molecule has 5 rings (SSSR count). The predicted octanol–water partition coefficient (Wildman–Crippen LogP) is 4.14. The van der Waals surface area contributed by atoms with E-state index in [0.29, 0.717) is 23.4 Å². The molecule has 0 fully saturated rings. The Balaban J connectivity index is 1.66. The number of carbonyl (C=O) groups is 1. The summed E-state index contributed by atoms with van der Waals surface area (Å²) in [5, 5.41) is 23.6. The number of fused-ring (bicyclic) bond motifs is 2. The summed E-state index contributed by atoms with van der Waals surface area (Å²) >= 11 is 0. The number of nitrogens with two attached hydrogens (primary N) is 1. The first-order valence-corrected chi connectivity index (χ1v) is 12.0. The van der Waals surface area contributed by atoms with Gasteiger partial charge in [0.15, 0.2) is 0 Å². The molecule has 190 valence electrons. The number of hydrogen-bond donors (Lipinski definition) is 3. The molecule has 0 saturated carbocycles. The lowest BCUT2D eigenvalue weighted by Gasteiger charge is -2.34. The van der Waals surface area contributed by atoms with Crippen LogP contribution in [0, 0.1) is 0 Å². The predicted molar refractivity (Wildman–Crippen MR) is 132 cm³/mol. The first-order valence-electron chi connectivity index (χ1n) is 12.0. The van der Waals surface area contributed by atoms with Crippen LogP contribution in [0.15, 0.2) is 36.7 Å². The second kappa shape index (κ2) is 9.51. The Morgan fingerprint density at radius 1 is 1.17 bits per heavy atom. The highest BCUT2D eigenvalue weighted by atomic mass is 19.3. The second-order valence-corrected chi connectivity index (χ2v) is 9.46. The Labute approximate surface area is 207 Å². The number of aliphatic hydroxyl groups excluding tert-OH is 1. The molecule has 0 aliphatic carbocycles. The second-order valence-electron chi connectivity index (χ2n) is 9.46. The van der Waals surface area contributed by atoms with Gasteiger partial charge in [-0.15, -0.1) is 0 Å². The number of aliphatic hydroxyl groups is 1. The molecule has 4 N–H and O–H groups in total. The summed E-state index contributed by atoms with van der Waals surface area (Å²) in [6.45, 7) is 1.15. The summed E-state index contributed by atoms with van der Waals surface area (Å²) in [7, 11) is 1.75. The lowest BCUT2D eigenvalue weighted by molar-refractivity contribution is 0.145. The number of benzene rings is 2. The quantitative estimate of drug-likeness (QED) is 0.473. The van der Waals surface area contributed by atoms with E-state index in [1.807, 2.05) is 23.1 Å². The minimum absolute atomic E-state index is 0.0659.